The largest absolute Gasteiger partial charge is 0.497 e. The van der Waals surface area contributed by atoms with E-state index in [0.29, 0.717) is 13.0 Å². The fraction of sp³-hybridized carbons (Fsp3) is 0.500. The van der Waals surface area contributed by atoms with Gasteiger partial charge in [0.25, 0.3) is 0 Å². The number of carboxylic acids is 1. The van der Waals surface area contributed by atoms with Crippen molar-refractivity contribution in [2.75, 3.05) is 25.2 Å². The zero-order valence-corrected chi connectivity index (χ0v) is 12.7. The van der Waals surface area contributed by atoms with E-state index in [1.807, 2.05) is 12.1 Å². The zero-order chi connectivity index (χ0) is 15.5. The Morgan fingerprint density at radius 1 is 1.38 bits per heavy atom. The summed E-state index contributed by atoms with van der Waals surface area (Å²) in [7, 11) is -1.46. The van der Waals surface area contributed by atoms with Crippen molar-refractivity contribution in [1.29, 1.82) is 0 Å². The summed E-state index contributed by atoms with van der Waals surface area (Å²) in [5, 5.41) is 9.02. The monoisotopic (exact) mass is 313 g/mol. The van der Waals surface area contributed by atoms with Crippen LogP contribution in [0.25, 0.3) is 0 Å². The molecule has 7 heteroatoms. The molecule has 1 heterocycles. The first-order chi connectivity index (χ1) is 9.89. The van der Waals surface area contributed by atoms with Crippen molar-refractivity contribution in [1.82, 2.24) is 4.90 Å². The Hall–Kier alpha value is -1.60. The molecule has 1 fully saturated rings. The summed E-state index contributed by atoms with van der Waals surface area (Å²) >= 11 is 0. The Labute approximate surface area is 124 Å². The predicted octanol–water partition coefficient (Wildman–Crippen LogP) is 0.769. The molecule has 0 amide bonds. The number of aliphatic carboxylic acids is 1. The minimum atomic E-state index is -3.03. The molecule has 1 aliphatic heterocycles. The quantitative estimate of drug-likeness (QED) is 0.835. The zero-order valence-electron chi connectivity index (χ0n) is 11.9. The molecule has 1 N–H and O–H groups in total. The highest BCUT2D eigenvalue weighted by Gasteiger charge is 2.33. The molecule has 0 radical (unpaired) electrons. The van der Waals surface area contributed by atoms with Crippen LogP contribution >= 0.6 is 0 Å². The Kier molecular flexibility index (Phi) is 4.84. The van der Waals surface area contributed by atoms with Crippen LogP contribution in [0.5, 0.6) is 5.75 Å². The molecule has 0 spiro atoms. The van der Waals surface area contributed by atoms with Crippen LogP contribution in [0.1, 0.15) is 12.0 Å². The van der Waals surface area contributed by atoms with E-state index in [-0.39, 0.29) is 24.1 Å². The minimum Gasteiger partial charge on any atom is -0.497 e. The molecule has 0 bridgehead atoms. The van der Waals surface area contributed by atoms with Crippen molar-refractivity contribution in [3.8, 4) is 5.75 Å². The van der Waals surface area contributed by atoms with Gasteiger partial charge in [-0.3, -0.25) is 9.69 Å². The standard InChI is InChI=1S/C14H19NO5S/c1-20-13-4-2-11(3-5-13)8-15(9-14(16)17)12-6-7-21(18,19)10-12/h2-5,12H,6-10H2,1H3,(H,16,17). The van der Waals surface area contributed by atoms with Crippen LogP contribution in [0.2, 0.25) is 0 Å². The van der Waals surface area contributed by atoms with Crippen molar-refractivity contribution in [3.05, 3.63) is 29.8 Å². The number of carbonyl (C=O) groups is 1. The molecule has 0 aromatic heterocycles. The predicted molar refractivity (Wildman–Crippen MR) is 78.1 cm³/mol. The average molecular weight is 313 g/mol. The lowest BCUT2D eigenvalue weighted by atomic mass is 10.1. The number of sulfone groups is 1. The highest BCUT2D eigenvalue weighted by Crippen LogP contribution is 2.21. The van der Waals surface area contributed by atoms with E-state index < -0.39 is 15.8 Å². The van der Waals surface area contributed by atoms with Crippen LogP contribution in [0.15, 0.2) is 24.3 Å². The molecular formula is C14H19NO5S. The van der Waals surface area contributed by atoms with E-state index in [1.54, 1.807) is 24.1 Å². The van der Waals surface area contributed by atoms with Gasteiger partial charge in [0.2, 0.25) is 0 Å². The third kappa shape index (κ3) is 4.44. The summed E-state index contributed by atoms with van der Waals surface area (Å²) in [4.78, 5) is 12.7. The fourth-order valence-corrected chi connectivity index (χ4v) is 4.28. The van der Waals surface area contributed by atoms with Gasteiger partial charge in [0, 0.05) is 12.6 Å². The number of benzene rings is 1. The van der Waals surface area contributed by atoms with Crippen LogP contribution in [0.3, 0.4) is 0 Å². The molecule has 21 heavy (non-hydrogen) atoms. The van der Waals surface area contributed by atoms with Gasteiger partial charge in [-0.1, -0.05) is 12.1 Å². The molecule has 2 rings (SSSR count). The van der Waals surface area contributed by atoms with E-state index >= 15 is 0 Å². The molecule has 1 aromatic rings. The van der Waals surface area contributed by atoms with E-state index in [1.165, 1.54) is 0 Å². The van der Waals surface area contributed by atoms with Crippen LogP contribution in [0.4, 0.5) is 0 Å². The Bertz CT molecular complexity index is 596. The van der Waals surface area contributed by atoms with Crippen LogP contribution < -0.4 is 4.74 Å². The van der Waals surface area contributed by atoms with Crippen LogP contribution in [0, 0.1) is 0 Å². The highest BCUT2D eigenvalue weighted by molar-refractivity contribution is 7.91. The summed E-state index contributed by atoms with van der Waals surface area (Å²) in [6.07, 6.45) is 0.492. The SMILES string of the molecule is COc1ccc(CN(CC(=O)O)C2CCS(=O)(=O)C2)cc1. The van der Waals surface area contributed by atoms with E-state index in [9.17, 15) is 13.2 Å². The van der Waals surface area contributed by atoms with Crippen LogP contribution in [-0.2, 0) is 21.2 Å². The number of methoxy groups -OCH3 is 1. The lowest BCUT2D eigenvalue weighted by Gasteiger charge is -2.26. The third-order valence-corrected chi connectivity index (χ3v) is 5.36. The number of hydrogen-bond acceptors (Lipinski definition) is 5. The van der Waals surface area contributed by atoms with Crippen molar-refractivity contribution in [3.63, 3.8) is 0 Å². The van der Waals surface area contributed by atoms with E-state index in [2.05, 4.69) is 0 Å². The van der Waals surface area contributed by atoms with Gasteiger partial charge < -0.3 is 9.84 Å². The van der Waals surface area contributed by atoms with Gasteiger partial charge in [0.05, 0.1) is 25.2 Å². The average Bonchev–Trinajstić information content (AvgIpc) is 2.79. The van der Waals surface area contributed by atoms with E-state index in [0.717, 1.165) is 11.3 Å². The molecule has 1 aromatic carbocycles. The van der Waals surface area contributed by atoms with Gasteiger partial charge in [0.1, 0.15) is 5.75 Å². The Balaban J connectivity index is 2.10. The lowest BCUT2D eigenvalue weighted by Crippen LogP contribution is -2.39. The summed E-state index contributed by atoms with van der Waals surface area (Å²) < 4.78 is 28.2. The van der Waals surface area contributed by atoms with Gasteiger partial charge in [-0.05, 0) is 24.1 Å². The number of carboxylic acid groups (broad SMARTS) is 1. The maximum Gasteiger partial charge on any atom is 0.317 e. The normalized spacial score (nSPS) is 20.6. The Morgan fingerprint density at radius 3 is 2.52 bits per heavy atom. The molecule has 1 unspecified atom stereocenters. The summed E-state index contributed by atoms with van der Waals surface area (Å²) in [6, 6.07) is 7.10. The van der Waals surface area contributed by atoms with Crippen molar-refractivity contribution in [2.24, 2.45) is 0 Å². The second-order valence-corrected chi connectivity index (χ2v) is 7.43. The fourth-order valence-electron chi connectivity index (χ4n) is 2.52. The van der Waals surface area contributed by atoms with Gasteiger partial charge in [0.15, 0.2) is 9.84 Å². The molecule has 0 aliphatic carbocycles. The second-order valence-electron chi connectivity index (χ2n) is 5.20. The first-order valence-corrected chi connectivity index (χ1v) is 8.51. The summed E-state index contributed by atoms with van der Waals surface area (Å²) in [6.45, 7) is 0.253. The molecule has 1 aliphatic rings. The number of ether oxygens (including phenoxy) is 1. The first kappa shape index (κ1) is 15.8. The van der Waals surface area contributed by atoms with Gasteiger partial charge in [-0.15, -0.1) is 0 Å². The minimum absolute atomic E-state index is 0.0381. The first-order valence-electron chi connectivity index (χ1n) is 6.69. The second kappa shape index (κ2) is 6.44. The molecule has 6 nitrogen and oxygen atoms in total. The molecule has 116 valence electrons. The van der Waals surface area contributed by atoms with E-state index in [4.69, 9.17) is 9.84 Å². The maximum absolute atomic E-state index is 11.6. The van der Waals surface area contributed by atoms with Crippen molar-refractivity contribution < 1.29 is 23.1 Å². The van der Waals surface area contributed by atoms with Crippen molar-refractivity contribution in [2.45, 2.75) is 19.0 Å². The lowest BCUT2D eigenvalue weighted by molar-refractivity contribution is -0.139. The van der Waals surface area contributed by atoms with Crippen molar-refractivity contribution >= 4 is 15.8 Å². The topological polar surface area (TPSA) is 83.9 Å². The molecule has 1 atom stereocenters. The third-order valence-electron chi connectivity index (χ3n) is 3.61. The number of nitrogens with zero attached hydrogens (tertiary/aromatic N) is 1. The molecule has 0 saturated carbocycles. The number of rotatable bonds is 6. The molecular weight excluding hydrogens is 294 g/mol. The highest BCUT2D eigenvalue weighted by atomic mass is 32.2. The van der Waals surface area contributed by atoms with Gasteiger partial charge >= 0.3 is 5.97 Å². The van der Waals surface area contributed by atoms with Gasteiger partial charge in [-0.2, -0.15) is 0 Å². The maximum atomic E-state index is 11.6. The van der Waals surface area contributed by atoms with Gasteiger partial charge in [-0.25, -0.2) is 8.42 Å². The smallest absolute Gasteiger partial charge is 0.317 e. The summed E-state index contributed by atoms with van der Waals surface area (Å²) in [5.74, 6) is -0.0490. The van der Waals surface area contributed by atoms with Crippen LogP contribution in [-0.4, -0.2) is 55.6 Å². The Morgan fingerprint density at radius 2 is 2.05 bits per heavy atom. The number of hydrogen-bond donors (Lipinski definition) is 1. The molecule has 1 saturated heterocycles. The summed E-state index contributed by atoms with van der Waals surface area (Å²) in [5.41, 5.74) is 0.932.